The van der Waals surface area contributed by atoms with Gasteiger partial charge in [-0.15, -0.1) is 0 Å². The van der Waals surface area contributed by atoms with Gasteiger partial charge >= 0.3 is 0 Å². The fourth-order valence-corrected chi connectivity index (χ4v) is 10.0. The number of benzene rings is 8. The molecule has 0 N–H and O–H groups in total. The molecule has 9 aromatic rings. The van der Waals surface area contributed by atoms with Crippen LogP contribution in [0.4, 0.5) is 17.1 Å². The van der Waals surface area contributed by atoms with Crippen LogP contribution in [0.2, 0.25) is 0 Å². The van der Waals surface area contributed by atoms with Gasteiger partial charge in [-0.3, -0.25) is 0 Å². The first-order valence-electron chi connectivity index (χ1n) is 19.1. The summed E-state index contributed by atoms with van der Waals surface area (Å²) in [4.78, 5) is 2.55. The monoisotopic (exact) mass is 692 g/mol. The summed E-state index contributed by atoms with van der Waals surface area (Å²) in [6.45, 7) is 9.50. The van der Waals surface area contributed by atoms with Crippen molar-refractivity contribution in [1.29, 1.82) is 0 Å². The largest absolute Gasteiger partial charge is 0.309 e. The lowest BCUT2D eigenvalue weighted by molar-refractivity contribution is 0.660. The van der Waals surface area contributed by atoms with Crippen molar-refractivity contribution < 1.29 is 0 Å². The highest BCUT2D eigenvalue weighted by Crippen LogP contribution is 2.56. The molecule has 54 heavy (non-hydrogen) atoms. The first-order chi connectivity index (χ1) is 26.3. The number of aromatic nitrogens is 1. The van der Waals surface area contributed by atoms with Gasteiger partial charge in [-0.2, -0.15) is 0 Å². The molecule has 0 saturated carbocycles. The minimum atomic E-state index is -0.122. The van der Waals surface area contributed by atoms with E-state index in [2.05, 4.69) is 207 Å². The number of fused-ring (bicyclic) bond motifs is 10. The average Bonchev–Trinajstić information content (AvgIpc) is 3.75. The number of anilines is 3. The van der Waals surface area contributed by atoms with E-state index >= 15 is 0 Å². The third-order valence-corrected chi connectivity index (χ3v) is 12.6. The van der Waals surface area contributed by atoms with Crippen molar-refractivity contribution in [3.05, 3.63) is 192 Å². The topological polar surface area (TPSA) is 8.17 Å². The van der Waals surface area contributed by atoms with Crippen molar-refractivity contribution in [2.45, 2.75) is 38.5 Å². The maximum absolute atomic E-state index is 2.55. The Labute approximate surface area is 316 Å². The predicted octanol–water partition coefficient (Wildman–Crippen LogP) is 14.0. The van der Waals surface area contributed by atoms with E-state index in [1.165, 1.54) is 99.8 Å². The van der Waals surface area contributed by atoms with Gasteiger partial charge in [0.2, 0.25) is 0 Å². The number of para-hydroxylation sites is 2. The highest BCUT2D eigenvalue weighted by molar-refractivity contribution is 6.12. The zero-order chi connectivity index (χ0) is 36.3. The van der Waals surface area contributed by atoms with Gasteiger partial charge in [-0.1, -0.05) is 155 Å². The summed E-state index contributed by atoms with van der Waals surface area (Å²) < 4.78 is 2.45. The molecule has 0 saturated heterocycles. The van der Waals surface area contributed by atoms with E-state index in [-0.39, 0.29) is 10.8 Å². The van der Waals surface area contributed by atoms with Gasteiger partial charge in [0.1, 0.15) is 0 Å². The van der Waals surface area contributed by atoms with E-state index in [1.54, 1.807) is 0 Å². The van der Waals surface area contributed by atoms with Gasteiger partial charge in [0.05, 0.1) is 28.1 Å². The van der Waals surface area contributed by atoms with Crippen LogP contribution in [0.25, 0.3) is 60.5 Å². The predicted molar refractivity (Wildman–Crippen MR) is 228 cm³/mol. The quantitative estimate of drug-likeness (QED) is 0.178. The smallest absolute Gasteiger partial charge is 0.0543 e. The van der Waals surface area contributed by atoms with Crippen molar-refractivity contribution in [2.24, 2.45) is 0 Å². The molecule has 1 aromatic heterocycles. The summed E-state index contributed by atoms with van der Waals surface area (Å²) in [6.07, 6.45) is 0. The molecule has 1 heterocycles. The highest BCUT2D eigenvalue weighted by Gasteiger charge is 2.39. The molecule has 8 aromatic carbocycles. The second-order valence-corrected chi connectivity index (χ2v) is 16.1. The van der Waals surface area contributed by atoms with Crippen LogP contribution in [-0.4, -0.2) is 4.57 Å². The Balaban J connectivity index is 1.21. The Morgan fingerprint density at radius 1 is 0.389 bits per heavy atom. The van der Waals surface area contributed by atoms with E-state index in [0.717, 1.165) is 0 Å². The number of rotatable bonds is 4. The van der Waals surface area contributed by atoms with Crippen molar-refractivity contribution in [1.82, 2.24) is 4.57 Å². The second-order valence-electron chi connectivity index (χ2n) is 16.1. The van der Waals surface area contributed by atoms with Crippen LogP contribution in [0.3, 0.4) is 0 Å². The maximum atomic E-state index is 2.55. The normalized spacial score (nSPS) is 14.6. The molecule has 11 rings (SSSR count). The lowest BCUT2D eigenvalue weighted by atomic mass is 9.82. The van der Waals surface area contributed by atoms with Crippen LogP contribution >= 0.6 is 0 Å². The molecule has 0 bridgehead atoms. The van der Waals surface area contributed by atoms with Gasteiger partial charge in [0.15, 0.2) is 0 Å². The van der Waals surface area contributed by atoms with Crippen LogP contribution in [0.1, 0.15) is 49.9 Å². The Kier molecular flexibility index (Phi) is 6.39. The summed E-state index contributed by atoms with van der Waals surface area (Å²) in [5.41, 5.74) is 17.7. The molecule has 0 spiro atoms. The van der Waals surface area contributed by atoms with Gasteiger partial charge in [-0.25, -0.2) is 0 Å². The van der Waals surface area contributed by atoms with Crippen LogP contribution < -0.4 is 4.90 Å². The zero-order valence-electron chi connectivity index (χ0n) is 31.1. The number of hydrogen-bond donors (Lipinski definition) is 0. The SMILES string of the molecule is CC1(C)c2ccccc2-c2ccc(N(c3cccc4c3-c3ccccc3C4(C)C)c3cccc4c(-n5c6ccccc6c6ccccc65)cccc34)cc21. The zero-order valence-corrected chi connectivity index (χ0v) is 31.1. The second kappa shape index (κ2) is 11.1. The first kappa shape index (κ1) is 31.2. The number of hydrogen-bond acceptors (Lipinski definition) is 1. The standard InChI is InChI=1S/C52H40N2/c1-51(2)42-23-10-6-19-40(42)50-43(51)24-15-29-49(50)53(33-30-31-35-34-16-5-9-22-41(34)52(3,4)44(35)32-33)45-27-13-21-39-38(45)20-14-28-48(39)54-46-25-11-7-17-36(46)37-18-8-12-26-47(37)54/h5-32H,1-4H3. The van der Waals surface area contributed by atoms with E-state index in [1.807, 2.05) is 0 Å². The fraction of sp³-hybridized carbons (Fsp3) is 0.115. The molecule has 2 heteroatoms. The summed E-state index contributed by atoms with van der Waals surface area (Å²) >= 11 is 0. The Morgan fingerprint density at radius 3 is 1.67 bits per heavy atom. The van der Waals surface area contributed by atoms with E-state index in [9.17, 15) is 0 Å². The van der Waals surface area contributed by atoms with E-state index in [4.69, 9.17) is 0 Å². The van der Waals surface area contributed by atoms with Crippen LogP contribution in [-0.2, 0) is 10.8 Å². The summed E-state index contributed by atoms with van der Waals surface area (Å²) in [6, 6.07) is 63.3. The Hall–Kier alpha value is -6.38. The Bertz CT molecular complexity index is 2960. The highest BCUT2D eigenvalue weighted by atomic mass is 15.1. The third-order valence-electron chi connectivity index (χ3n) is 12.6. The molecular formula is C52H40N2. The molecule has 2 aliphatic carbocycles. The minimum Gasteiger partial charge on any atom is -0.309 e. The minimum absolute atomic E-state index is 0.113. The molecule has 0 unspecified atom stereocenters. The van der Waals surface area contributed by atoms with E-state index in [0.29, 0.717) is 0 Å². The fourth-order valence-electron chi connectivity index (χ4n) is 10.0. The molecule has 0 radical (unpaired) electrons. The molecule has 0 aliphatic heterocycles. The van der Waals surface area contributed by atoms with Gasteiger partial charge in [0, 0.05) is 43.6 Å². The molecule has 2 nitrogen and oxygen atoms in total. The Morgan fingerprint density at radius 2 is 0.907 bits per heavy atom. The van der Waals surface area contributed by atoms with Crippen LogP contribution in [0, 0.1) is 0 Å². The third kappa shape index (κ3) is 4.11. The lowest BCUT2D eigenvalue weighted by Gasteiger charge is -2.31. The molecule has 0 atom stereocenters. The van der Waals surface area contributed by atoms with Crippen molar-refractivity contribution in [2.75, 3.05) is 4.90 Å². The molecule has 0 fully saturated rings. The maximum Gasteiger partial charge on any atom is 0.0543 e. The van der Waals surface area contributed by atoms with Crippen molar-refractivity contribution >= 4 is 49.6 Å². The summed E-state index contributed by atoms with van der Waals surface area (Å²) in [5.74, 6) is 0. The van der Waals surface area contributed by atoms with Crippen LogP contribution in [0.15, 0.2) is 170 Å². The van der Waals surface area contributed by atoms with Gasteiger partial charge in [-0.05, 0) is 81.4 Å². The molecular weight excluding hydrogens is 653 g/mol. The van der Waals surface area contributed by atoms with Gasteiger partial charge in [0.25, 0.3) is 0 Å². The molecule has 2 aliphatic rings. The number of nitrogens with zero attached hydrogens (tertiary/aromatic N) is 2. The average molecular weight is 693 g/mol. The summed E-state index contributed by atoms with van der Waals surface area (Å²) in [7, 11) is 0. The summed E-state index contributed by atoms with van der Waals surface area (Å²) in [5, 5.41) is 4.97. The molecule has 0 amide bonds. The van der Waals surface area contributed by atoms with Crippen molar-refractivity contribution in [3.63, 3.8) is 0 Å². The van der Waals surface area contributed by atoms with Crippen molar-refractivity contribution in [3.8, 4) is 27.9 Å². The first-order valence-corrected chi connectivity index (χ1v) is 19.1. The van der Waals surface area contributed by atoms with E-state index < -0.39 is 0 Å². The lowest BCUT2D eigenvalue weighted by Crippen LogP contribution is -2.17. The van der Waals surface area contributed by atoms with Gasteiger partial charge < -0.3 is 9.47 Å². The van der Waals surface area contributed by atoms with Crippen LogP contribution in [0.5, 0.6) is 0 Å². The molecule has 258 valence electrons.